The summed E-state index contributed by atoms with van der Waals surface area (Å²) >= 11 is 0. The van der Waals surface area contributed by atoms with E-state index in [4.69, 9.17) is 0 Å². The van der Waals surface area contributed by atoms with Crippen LogP contribution < -0.4 is 10.6 Å². The van der Waals surface area contributed by atoms with Crippen molar-refractivity contribution in [3.63, 3.8) is 0 Å². The Balaban J connectivity index is 1.58. The average Bonchev–Trinajstić information content (AvgIpc) is 2.72. The summed E-state index contributed by atoms with van der Waals surface area (Å²) < 4.78 is 38.6. The predicted octanol–water partition coefficient (Wildman–Crippen LogP) is 5.81. The van der Waals surface area contributed by atoms with Crippen LogP contribution in [0.5, 0.6) is 0 Å². The number of carbonyl (C=O) groups excluding carboxylic acids is 1. The van der Waals surface area contributed by atoms with E-state index in [2.05, 4.69) is 10.6 Å². The molecule has 3 nitrogen and oxygen atoms in total. The summed E-state index contributed by atoms with van der Waals surface area (Å²) in [6.07, 6.45) is -4.36. The number of rotatable bonds is 6. The van der Waals surface area contributed by atoms with Crippen molar-refractivity contribution in [3.8, 4) is 0 Å². The topological polar surface area (TPSA) is 41.1 Å². The number of benzene rings is 3. The molecule has 3 rings (SSSR count). The fourth-order valence-electron chi connectivity index (χ4n) is 2.87. The second-order valence-electron chi connectivity index (χ2n) is 6.74. The molecule has 1 amide bonds. The largest absolute Gasteiger partial charge is 0.416 e. The highest BCUT2D eigenvalue weighted by atomic mass is 19.4. The van der Waals surface area contributed by atoms with Gasteiger partial charge < -0.3 is 10.6 Å². The molecule has 0 aliphatic heterocycles. The molecule has 0 heterocycles. The molecule has 0 saturated heterocycles. The third-order valence-electron chi connectivity index (χ3n) is 4.57. The van der Waals surface area contributed by atoms with Crippen molar-refractivity contribution in [3.05, 3.63) is 101 Å². The Morgan fingerprint density at radius 3 is 2.28 bits per heavy atom. The van der Waals surface area contributed by atoms with Crippen molar-refractivity contribution in [1.29, 1.82) is 0 Å². The van der Waals surface area contributed by atoms with Crippen LogP contribution in [0.2, 0.25) is 0 Å². The monoisotopic (exact) mass is 398 g/mol. The minimum atomic E-state index is -4.36. The second kappa shape index (κ2) is 8.92. The summed E-state index contributed by atoms with van der Waals surface area (Å²) in [5.74, 6) is -0.201. The minimum Gasteiger partial charge on any atom is -0.322 e. The number of hydrogen-bond acceptors (Lipinski definition) is 2. The third kappa shape index (κ3) is 5.68. The Hall–Kier alpha value is -3.12. The maximum absolute atomic E-state index is 12.9. The Morgan fingerprint density at radius 2 is 1.62 bits per heavy atom. The number of alkyl halides is 3. The molecule has 6 heteroatoms. The van der Waals surface area contributed by atoms with E-state index in [1.165, 1.54) is 6.07 Å². The van der Waals surface area contributed by atoms with Crippen LogP contribution >= 0.6 is 0 Å². The van der Waals surface area contributed by atoms with Crippen molar-refractivity contribution >= 4 is 11.6 Å². The lowest BCUT2D eigenvalue weighted by Crippen LogP contribution is -2.19. The van der Waals surface area contributed by atoms with Gasteiger partial charge in [-0.05, 0) is 54.4 Å². The van der Waals surface area contributed by atoms with Crippen LogP contribution in [0.4, 0.5) is 18.9 Å². The van der Waals surface area contributed by atoms with Crippen molar-refractivity contribution < 1.29 is 18.0 Å². The quantitative estimate of drug-likeness (QED) is 0.550. The lowest BCUT2D eigenvalue weighted by atomic mass is 10.0. The average molecular weight is 398 g/mol. The molecular weight excluding hydrogens is 377 g/mol. The summed E-state index contributed by atoms with van der Waals surface area (Å²) in [7, 11) is 0. The van der Waals surface area contributed by atoms with Crippen LogP contribution in [-0.2, 0) is 12.7 Å². The fraction of sp³-hybridized carbons (Fsp3) is 0.174. The van der Waals surface area contributed by atoms with Gasteiger partial charge in [0.05, 0.1) is 5.56 Å². The van der Waals surface area contributed by atoms with Gasteiger partial charge in [-0.3, -0.25) is 4.79 Å². The van der Waals surface area contributed by atoms with Crippen LogP contribution in [0.3, 0.4) is 0 Å². The lowest BCUT2D eigenvalue weighted by Gasteiger charge is -2.16. The van der Waals surface area contributed by atoms with Crippen molar-refractivity contribution in [2.24, 2.45) is 0 Å². The molecule has 29 heavy (non-hydrogen) atoms. The van der Waals surface area contributed by atoms with Gasteiger partial charge in [0.2, 0.25) is 0 Å². The van der Waals surface area contributed by atoms with E-state index in [1.54, 1.807) is 18.2 Å². The minimum absolute atomic E-state index is 0.201. The van der Waals surface area contributed by atoms with Gasteiger partial charge in [-0.25, -0.2) is 0 Å². The Labute approximate surface area is 167 Å². The summed E-state index contributed by atoms with van der Waals surface area (Å²) in [5.41, 5.74) is 2.10. The van der Waals surface area contributed by atoms with Gasteiger partial charge in [-0.15, -0.1) is 0 Å². The number of anilines is 1. The van der Waals surface area contributed by atoms with Gasteiger partial charge in [0.1, 0.15) is 0 Å². The summed E-state index contributed by atoms with van der Waals surface area (Å²) in [5, 5.41) is 6.03. The zero-order valence-electron chi connectivity index (χ0n) is 15.8. The standard InChI is InChI=1S/C23H21F3N2O/c1-16(19-6-5-7-20(14-19)23(24,25)26)27-15-17-10-12-18(13-11-17)22(29)28-21-8-3-2-4-9-21/h2-14,16,27H,15H2,1H3,(H,28,29)/t16-/m1/s1. The van der Waals surface area contributed by atoms with E-state index < -0.39 is 11.7 Å². The molecule has 0 unspecified atom stereocenters. The molecule has 0 aliphatic rings. The smallest absolute Gasteiger partial charge is 0.322 e. The molecule has 3 aromatic carbocycles. The Bertz CT molecular complexity index is 954. The lowest BCUT2D eigenvalue weighted by molar-refractivity contribution is -0.137. The molecule has 1 atom stereocenters. The van der Waals surface area contributed by atoms with Crippen LogP contribution in [0.1, 0.15) is 40.0 Å². The molecule has 0 aliphatic carbocycles. The van der Waals surface area contributed by atoms with Crippen molar-refractivity contribution in [1.82, 2.24) is 5.32 Å². The van der Waals surface area contributed by atoms with Crippen LogP contribution in [0.15, 0.2) is 78.9 Å². The maximum atomic E-state index is 12.9. The van der Waals surface area contributed by atoms with Gasteiger partial charge in [0.25, 0.3) is 5.91 Å². The van der Waals surface area contributed by atoms with Gasteiger partial charge >= 0.3 is 6.18 Å². The maximum Gasteiger partial charge on any atom is 0.416 e. The molecule has 150 valence electrons. The SMILES string of the molecule is C[C@@H](NCc1ccc(C(=O)Nc2ccccc2)cc1)c1cccc(C(F)(F)F)c1. The number of amides is 1. The molecule has 0 saturated carbocycles. The van der Waals surface area contributed by atoms with Crippen LogP contribution in [-0.4, -0.2) is 5.91 Å². The highest BCUT2D eigenvalue weighted by molar-refractivity contribution is 6.04. The van der Waals surface area contributed by atoms with Crippen molar-refractivity contribution in [2.45, 2.75) is 25.7 Å². The van der Waals surface area contributed by atoms with E-state index in [1.807, 2.05) is 49.4 Å². The zero-order chi connectivity index (χ0) is 20.9. The van der Waals surface area contributed by atoms with Gasteiger partial charge in [0, 0.05) is 23.8 Å². The summed E-state index contributed by atoms with van der Waals surface area (Å²) in [6.45, 7) is 2.29. The van der Waals surface area contributed by atoms with E-state index in [0.717, 1.165) is 23.4 Å². The van der Waals surface area contributed by atoms with Gasteiger partial charge in [0.15, 0.2) is 0 Å². The number of nitrogens with one attached hydrogen (secondary N) is 2. The van der Waals surface area contributed by atoms with Crippen molar-refractivity contribution in [2.75, 3.05) is 5.32 Å². The molecule has 0 bridgehead atoms. The van der Waals surface area contributed by atoms with Gasteiger partial charge in [-0.1, -0.05) is 42.5 Å². The first-order valence-corrected chi connectivity index (χ1v) is 9.19. The first-order chi connectivity index (χ1) is 13.8. The van der Waals surface area contributed by atoms with E-state index in [-0.39, 0.29) is 11.9 Å². The van der Waals surface area contributed by atoms with E-state index in [9.17, 15) is 18.0 Å². The molecular formula is C23H21F3N2O. The van der Waals surface area contributed by atoms with Crippen LogP contribution in [0, 0.1) is 0 Å². The number of hydrogen-bond donors (Lipinski definition) is 2. The highest BCUT2D eigenvalue weighted by Crippen LogP contribution is 2.30. The second-order valence-corrected chi connectivity index (χ2v) is 6.74. The summed E-state index contributed by atoms with van der Waals surface area (Å²) in [4.78, 5) is 12.3. The molecule has 2 N–H and O–H groups in total. The van der Waals surface area contributed by atoms with Crippen LogP contribution in [0.25, 0.3) is 0 Å². The first kappa shape index (κ1) is 20.6. The van der Waals surface area contributed by atoms with E-state index in [0.29, 0.717) is 17.7 Å². The zero-order valence-corrected chi connectivity index (χ0v) is 15.8. The third-order valence-corrected chi connectivity index (χ3v) is 4.57. The Morgan fingerprint density at radius 1 is 0.931 bits per heavy atom. The summed E-state index contributed by atoms with van der Waals surface area (Å²) in [6, 6.07) is 21.3. The normalized spacial score (nSPS) is 12.4. The van der Waals surface area contributed by atoms with E-state index >= 15 is 0 Å². The molecule has 0 aromatic heterocycles. The number of halogens is 3. The first-order valence-electron chi connectivity index (χ1n) is 9.19. The molecule has 0 radical (unpaired) electrons. The number of carbonyl (C=O) groups is 1. The fourth-order valence-corrected chi connectivity index (χ4v) is 2.87. The predicted molar refractivity (Wildman–Crippen MR) is 108 cm³/mol. The van der Waals surface area contributed by atoms with Gasteiger partial charge in [-0.2, -0.15) is 13.2 Å². The molecule has 0 fully saturated rings. The molecule has 0 spiro atoms. The molecule has 3 aromatic rings. The number of para-hydroxylation sites is 1. The Kier molecular flexibility index (Phi) is 6.34. The highest BCUT2D eigenvalue weighted by Gasteiger charge is 2.30.